The van der Waals surface area contributed by atoms with Crippen molar-refractivity contribution >= 4 is 5.91 Å². The number of hydrogen-bond acceptors (Lipinski definition) is 4. The van der Waals surface area contributed by atoms with Crippen molar-refractivity contribution in [3.8, 4) is 0 Å². The Morgan fingerprint density at radius 3 is 2.33 bits per heavy atom. The number of carbonyl (C=O) groups is 1. The molecular formula is C18H31N5O. The van der Waals surface area contributed by atoms with Crippen LogP contribution in [0.25, 0.3) is 0 Å². The molecule has 2 fully saturated rings. The smallest absolute Gasteiger partial charge is 0.239 e. The number of piperazine rings is 1. The van der Waals surface area contributed by atoms with Gasteiger partial charge in [-0.1, -0.05) is 12.8 Å². The molecule has 134 valence electrons. The maximum absolute atomic E-state index is 12.8. The van der Waals surface area contributed by atoms with Gasteiger partial charge in [-0.25, -0.2) is 4.98 Å². The summed E-state index contributed by atoms with van der Waals surface area (Å²) in [7, 11) is 2.04. The van der Waals surface area contributed by atoms with Crippen molar-refractivity contribution in [2.45, 2.75) is 45.2 Å². The van der Waals surface area contributed by atoms with Crippen LogP contribution in [0.15, 0.2) is 12.4 Å². The summed E-state index contributed by atoms with van der Waals surface area (Å²) >= 11 is 0. The van der Waals surface area contributed by atoms with Crippen LogP contribution < -0.4 is 0 Å². The van der Waals surface area contributed by atoms with Gasteiger partial charge in [-0.15, -0.1) is 0 Å². The Morgan fingerprint density at radius 2 is 1.75 bits per heavy atom. The molecule has 3 rings (SSSR count). The van der Waals surface area contributed by atoms with Crippen molar-refractivity contribution in [1.29, 1.82) is 0 Å². The summed E-state index contributed by atoms with van der Waals surface area (Å²) in [6.07, 6.45) is 8.71. The highest BCUT2D eigenvalue weighted by Crippen LogP contribution is 2.15. The molecular weight excluding hydrogens is 302 g/mol. The summed E-state index contributed by atoms with van der Waals surface area (Å²) < 4.78 is 2.08. The average molecular weight is 333 g/mol. The van der Waals surface area contributed by atoms with Gasteiger partial charge in [-0.2, -0.15) is 0 Å². The Kier molecular flexibility index (Phi) is 5.89. The summed E-state index contributed by atoms with van der Waals surface area (Å²) in [6, 6.07) is 0.0124. The van der Waals surface area contributed by atoms with E-state index in [1.54, 1.807) is 0 Å². The lowest BCUT2D eigenvalue weighted by Gasteiger charge is -2.38. The summed E-state index contributed by atoms with van der Waals surface area (Å²) in [5.74, 6) is 1.44. The number of likely N-dealkylation sites (tertiary alicyclic amines) is 1. The van der Waals surface area contributed by atoms with Crippen molar-refractivity contribution in [3.05, 3.63) is 18.2 Å². The van der Waals surface area contributed by atoms with E-state index in [0.29, 0.717) is 5.91 Å². The molecule has 24 heavy (non-hydrogen) atoms. The third-order valence-corrected chi connectivity index (χ3v) is 5.52. The van der Waals surface area contributed by atoms with Gasteiger partial charge in [0.1, 0.15) is 5.82 Å². The highest BCUT2D eigenvalue weighted by Gasteiger charge is 2.29. The van der Waals surface area contributed by atoms with E-state index in [1.807, 2.05) is 19.4 Å². The third kappa shape index (κ3) is 4.16. The molecule has 1 atom stereocenters. The number of rotatable bonds is 4. The number of hydrogen-bond donors (Lipinski definition) is 0. The van der Waals surface area contributed by atoms with E-state index in [-0.39, 0.29) is 6.04 Å². The maximum atomic E-state index is 12.8. The molecule has 0 aliphatic carbocycles. The highest BCUT2D eigenvalue weighted by molar-refractivity contribution is 5.81. The Labute approximate surface area is 145 Å². The molecule has 0 spiro atoms. The van der Waals surface area contributed by atoms with Gasteiger partial charge in [0.05, 0.1) is 12.6 Å². The van der Waals surface area contributed by atoms with E-state index in [2.05, 4.69) is 31.2 Å². The lowest BCUT2D eigenvalue weighted by Crippen LogP contribution is -2.54. The number of amides is 1. The topological polar surface area (TPSA) is 44.6 Å². The molecule has 0 N–H and O–H groups in total. The van der Waals surface area contributed by atoms with Crippen molar-refractivity contribution < 1.29 is 4.79 Å². The maximum Gasteiger partial charge on any atom is 0.239 e. The van der Waals surface area contributed by atoms with E-state index in [4.69, 9.17) is 0 Å². The molecule has 2 saturated heterocycles. The first-order valence-corrected chi connectivity index (χ1v) is 9.36. The molecule has 0 bridgehead atoms. The summed E-state index contributed by atoms with van der Waals surface area (Å²) in [6.45, 7) is 8.81. The van der Waals surface area contributed by atoms with Gasteiger partial charge in [-0.3, -0.25) is 14.6 Å². The normalized spacial score (nSPS) is 22.3. The first-order chi connectivity index (χ1) is 11.6. The molecule has 1 aromatic rings. The van der Waals surface area contributed by atoms with Crippen LogP contribution >= 0.6 is 0 Å². The molecule has 0 unspecified atom stereocenters. The van der Waals surface area contributed by atoms with Gasteiger partial charge in [-0.05, 0) is 19.8 Å². The predicted octanol–water partition coefficient (Wildman–Crippen LogP) is 1.33. The Morgan fingerprint density at radius 1 is 1.08 bits per heavy atom. The number of nitrogens with zero attached hydrogens (tertiary/aromatic N) is 5. The molecule has 6 heteroatoms. The van der Waals surface area contributed by atoms with Crippen molar-refractivity contribution in [1.82, 2.24) is 24.3 Å². The molecule has 0 saturated carbocycles. The number of aromatic nitrogens is 2. The summed E-state index contributed by atoms with van der Waals surface area (Å²) in [4.78, 5) is 24.1. The molecule has 0 radical (unpaired) electrons. The second-order valence-electron chi connectivity index (χ2n) is 7.18. The Hall–Kier alpha value is -1.40. The lowest BCUT2D eigenvalue weighted by atomic mass is 10.2. The van der Waals surface area contributed by atoms with E-state index in [1.165, 1.54) is 12.8 Å². The minimum Gasteiger partial charge on any atom is -0.341 e. The monoisotopic (exact) mass is 333 g/mol. The van der Waals surface area contributed by atoms with Gasteiger partial charge in [0.25, 0.3) is 0 Å². The van der Waals surface area contributed by atoms with E-state index < -0.39 is 0 Å². The zero-order chi connectivity index (χ0) is 16.9. The Balaban J connectivity index is 1.48. The summed E-state index contributed by atoms with van der Waals surface area (Å²) in [5.41, 5.74) is 0. The number of carbonyl (C=O) groups excluding carboxylic acids is 1. The van der Waals surface area contributed by atoms with Crippen LogP contribution in [0.3, 0.4) is 0 Å². The highest BCUT2D eigenvalue weighted by atomic mass is 16.2. The average Bonchev–Trinajstić information content (AvgIpc) is 2.85. The standard InChI is InChI=1S/C18H31N5O/c1-16(18(24)23-8-5-3-4-6-9-23)22-13-11-21(12-14-22)15-17-19-7-10-20(17)2/h7,10,16H,3-6,8-9,11-15H2,1-2H3/t16-/m1/s1. The summed E-state index contributed by atoms with van der Waals surface area (Å²) in [5, 5.41) is 0. The second kappa shape index (κ2) is 8.12. The van der Waals surface area contributed by atoms with Crippen LogP contribution in [-0.2, 0) is 18.4 Å². The third-order valence-electron chi connectivity index (χ3n) is 5.52. The quantitative estimate of drug-likeness (QED) is 0.834. The minimum absolute atomic E-state index is 0.0124. The molecule has 1 aromatic heterocycles. The fraction of sp³-hybridized carbons (Fsp3) is 0.778. The van der Waals surface area contributed by atoms with Crippen LogP contribution in [0.5, 0.6) is 0 Å². The first kappa shape index (κ1) is 17.4. The van der Waals surface area contributed by atoms with E-state index in [9.17, 15) is 4.79 Å². The van der Waals surface area contributed by atoms with E-state index in [0.717, 1.165) is 64.5 Å². The van der Waals surface area contributed by atoms with Crippen molar-refractivity contribution in [3.63, 3.8) is 0 Å². The van der Waals surface area contributed by atoms with E-state index >= 15 is 0 Å². The van der Waals surface area contributed by atoms with Crippen LogP contribution in [0.1, 0.15) is 38.4 Å². The van der Waals surface area contributed by atoms with Gasteiger partial charge in [0, 0.05) is 58.7 Å². The van der Waals surface area contributed by atoms with Crippen LogP contribution in [0.4, 0.5) is 0 Å². The van der Waals surface area contributed by atoms with Crippen LogP contribution in [-0.4, -0.2) is 75.5 Å². The second-order valence-corrected chi connectivity index (χ2v) is 7.18. The molecule has 1 amide bonds. The van der Waals surface area contributed by atoms with Crippen LogP contribution in [0, 0.1) is 0 Å². The zero-order valence-corrected chi connectivity index (χ0v) is 15.2. The number of aryl methyl sites for hydroxylation is 1. The molecule has 2 aliphatic rings. The fourth-order valence-corrected chi connectivity index (χ4v) is 3.77. The lowest BCUT2D eigenvalue weighted by molar-refractivity contribution is -0.137. The predicted molar refractivity (Wildman–Crippen MR) is 94.6 cm³/mol. The van der Waals surface area contributed by atoms with Crippen molar-refractivity contribution in [2.75, 3.05) is 39.3 Å². The van der Waals surface area contributed by atoms with Crippen molar-refractivity contribution in [2.24, 2.45) is 7.05 Å². The SMILES string of the molecule is C[C@H](C(=O)N1CCCCCC1)N1CCN(Cc2nccn2C)CC1. The molecule has 2 aliphatic heterocycles. The molecule has 0 aromatic carbocycles. The Bertz CT molecular complexity index is 527. The first-order valence-electron chi connectivity index (χ1n) is 9.36. The van der Waals surface area contributed by atoms with Gasteiger partial charge < -0.3 is 9.47 Å². The molecule has 6 nitrogen and oxygen atoms in total. The van der Waals surface area contributed by atoms with Gasteiger partial charge in [0.15, 0.2) is 0 Å². The zero-order valence-electron chi connectivity index (χ0n) is 15.2. The number of imidazole rings is 1. The van der Waals surface area contributed by atoms with Gasteiger partial charge >= 0.3 is 0 Å². The van der Waals surface area contributed by atoms with Crippen LogP contribution in [0.2, 0.25) is 0 Å². The fourth-order valence-electron chi connectivity index (χ4n) is 3.77. The van der Waals surface area contributed by atoms with Gasteiger partial charge in [0.2, 0.25) is 5.91 Å². The minimum atomic E-state index is 0.0124. The molecule has 3 heterocycles. The largest absolute Gasteiger partial charge is 0.341 e.